The molecule has 1 N–H and O–H groups in total. The van der Waals surface area contributed by atoms with Gasteiger partial charge in [0.2, 0.25) is 0 Å². The summed E-state index contributed by atoms with van der Waals surface area (Å²) in [6, 6.07) is 12.3. The molecule has 3 heterocycles. The molecule has 0 aliphatic heterocycles. The Balaban J connectivity index is 1.66. The maximum Gasteiger partial charge on any atom is 0.417 e. The quantitative estimate of drug-likeness (QED) is 0.471. The highest BCUT2D eigenvalue weighted by Gasteiger charge is 2.31. The first-order valence-electron chi connectivity index (χ1n) is 10.4. The van der Waals surface area contributed by atoms with E-state index in [1.165, 1.54) is 11.0 Å². The summed E-state index contributed by atoms with van der Waals surface area (Å²) in [6.45, 7) is 1.93. The van der Waals surface area contributed by atoms with Crippen molar-refractivity contribution in [2.45, 2.75) is 13.1 Å². The molecule has 3 aromatic heterocycles. The number of rotatable bonds is 5. The van der Waals surface area contributed by atoms with E-state index in [4.69, 9.17) is 0 Å². The Hall–Kier alpha value is -4.21. The molecule has 0 unspecified atom stereocenters. The van der Waals surface area contributed by atoms with Gasteiger partial charge in [-0.3, -0.25) is 14.5 Å². The summed E-state index contributed by atoms with van der Waals surface area (Å²) < 4.78 is 40.2. The predicted molar refractivity (Wildman–Crippen MR) is 121 cm³/mol. The lowest BCUT2D eigenvalue weighted by Gasteiger charge is -2.20. The van der Waals surface area contributed by atoms with Gasteiger partial charge in [-0.25, -0.2) is 9.50 Å². The van der Waals surface area contributed by atoms with Crippen molar-refractivity contribution in [3.8, 4) is 11.1 Å². The number of carbonyl (C=O) groups is 2. The summed E-state index contributed by atoms with van der Waals surface area (Å²) in [4.78, 5) is 30.2. The van der Waals surface area contributed by atoms with Crippen LogP contribution in [0.2, 0.25) is 0 Å². The fourth-order valence-electron chi connectivity index (χ4n) is 3.56. The molecule has 7 nitrogen and oxygen atoms in total. The number of halogens is 3. The number of aromatic nitrogens is 3. The molecule has 4 aromatic rings. The normalized spacial score (nSPS) is 11.4. The fraction of sp³-hybridized carbons (Fsp3) is 0.167. The molecule has 0 aliphatic carbocycles. The Bertz CT molecular complexity index is 1350. The average Bonchev–Trinajstić information content (AvgIpc) is 3.27. The number of amides is 2. The van der Waals surface area contributed by atoms with Crippen LogP contribution >= 0.6 is 0 Å². The zero-order chi connectivity index (χ0) is 24.5. The first kappa shape index (κ1) is 23.0. The molecule has 2 amide bonds. The van der Waals surface area contributed by atoms with E-state index < -0.39 is 17.6 Å². The van der Waals surface area contributed by atoms with Gasteiger partial charge in [-0.15, -0.1) is 0 Å². The molecule has 10 heteroatoms. The van der Waals surface area contributed by atoms with Gasteiger partial charge in [-0.05, 0) is 48.9 Å². The van der Waals surface area contributed by atoms with Crippen LogP contribution in [0, 0.1) is 0 Å². The Morgan fingerprint density at radius 1 is 1.03 bits per heavy atom. The van der Waals surface area contributed by atoms with Crippen LogP contribution in [0.3, 0.4) is 0 Å². The summed E-state index contributed by atoms with van der Waals surface area (Å²) in [6.07, 6.45) is -0.493. The number of hydrogen-bond donors (Lipinski definition) is 1. The highest BCUT2D eigenvalue weighted by atomic mass is 19.4. The van der Waals surface area contributed by atoms with Gasteiger partial charge in [0.05, 0.1) is 17.3 Å². The Labute approximate surface area is 192 Å². The predicted octanol–water partition coefficient (Wildman–Crippen LogP) is 4.44. The number of hydrogen-bond acceptors (Lipinski definition) is 4. The lowest BCUT2D eigenvalue weighted by atomic mass is 10.0. The number of anilines is 1. The minimum absolute atomic E-state index is 0.124. The third-order valence-corrected chi connectivity index (χ3v) is 5.37. The molecule has 34 heavy (non-hydrogen) atoms. The van der Waals surface area contributed by atoms with E-state index in [1.807, 2.05) is 0 Å². The maximum atomic E-state index is 13.2. The highest BCUT2D eigenvalue weighted by molar-refractivity contribution is 6.06. The van der Waals surface area contributed by atoms with Crippen LogP contribution in [0.15, 0.2) is 67.1 Å². The first-order valence-corrected chi connectivity index (χ1v) is 10.4. The maximum absolute atomic E-state index is 13.2. The SMILES string of the molecule is CCN(C(=O)c1ccn2ncc(-c3ccc(C(=O)NC)cc3)c2c1)c1ccc(C(F)(F)F)cn1. The van der Waals surface area contributed by atoms with Gasteiger partial charge in [-0.2, -0.15) is 18.3 Å². The number of nitrogens with one attached hydrogen (secondary N) is 1. The number of nitrogens with zero attached hydrogens (tertiary/aromatic N) is 4. The summed E-state index contributed by atoms with van der Waals surface area (Å²) in [5.41, 5.74) is 2.20. The third kappa shape index (κ3) is 4.34. The Morgan fingerprint density at radius 2 is 1.76 bits per heavy atom. The van der Waals surface area contributed by atoms with Crippen molar-refractivity contribution in [1.82, 2.24) is 19.9 Å². The van der Waals surface area contributed by atoms with Gasteiger partial charge >= 0.3 is 6.18 Å². The first-order chi connectivity index (χ1) is 16.2. The van der Waals surface area contributed by atoms with Crippen LogP contribution in [0.4, 0.5) is 19.0 Å². The molecular formula is C24H20F3N5O2. The fourth-order valence-corrected chi connectivity index (χ4v) is 3.56. The number of fused-ring (bicyclic) bond motifs is 1. The van der Waals surface area contributed by atoms with Gasteiger partial charge in [0.15, 0.2) is 0 Å². The van der Waals surface area contributed by atoms with Crippen LogP contribution < -0.4 is 10.2 Å². The van der Waals surface area contributed by atoms with E-state index in [1.54, 1.807) is 67.3 Å². The molecule has 0 spiro atoms. The summed E-state index contributed by atoms with van der Waals surface area (Å²) >= 11 is 0. The van der Waals surface area contributed by atoms with E-state index in [0.29, 0.717) is 22.8 Å². The van der Waals surface area contributed by atoms with Crippen LogP contribution in [0.5, 0.6) is 0 Å². The molecule has 0 fully saturated rings. The minimum Gasteiger partial charge on any atom is -0.355 e. The minimum atomic E-state index is -4.51. The molecule has 0 saturated heterocycles. The zero-order valence-electron chi connectivity index (χ0n) is 18.3. The second-order valence-electron chi connectivity index (χ2n) is 7.41. The van der Waals surface area contributed by atoms with Gasteiger partial charge in [0.1, 0.15) is 5.82 Å². The van der Waals surface area contributed by atoms with Gasteiger partial charge < -0.3 is 5.32 Å². The van der Waals surface area contributed by atoms with Crippen molar-refractivity contribution in [2.75, 3.05) is 18.5 Å². The average molecular weight is 467 g/mol. The summed E-state index contributed by atoms with van der Waals surface area (Å²) in [5, 5.41) is 6.89. The van der Waals surface area contributed by atoms with Crippen LogP contribution in [0.1, 0.15) is 33.2 Å². The molecule has 0 radical (unpaired) electrons. The van der Waals surface area contributed by atoms with E-state index in [0.717, 1.165) is 17.2 Å². The largest absolute Gasteiger partial charge is 0.417 e. The number of alkyl halides is 3. The Morgan fingerprint density at radius 3 is 2.35 bits per heavy atom. The summed E-state index contributed by atoms with van der Waals surface area (Å²) in [7, 11) is 1.56. The van der Waals surface area contributed by atoms with Gasteiger partial charge in [-0.1, -0.05) is 12.1 Å². The van der Waals surface area contributed by atoms with Crippen molar-refractivity contribution in [3.05, 3.63) is 83.8 Å². The molecular weight excluding hydrogens is 447 g/mol. The van der Waals surface area contributed by atoms with Crippen molar-refractivity contribution < 1.29 is 22.8 Å². The number of carbonyl (C=O) groups excluding carboxylic acids is 2. The highest BCUT2D eigenvalue weighted by Crippen LogP contribution is 2.30. The molecule has 0 saturated carbocycles. The van der Waals surface area contributed by atoms with Gasteiger partial charge in [0, 0.05) is 42.7 Å². The van der Waals surface area contributed by atoms with Crippen molar-refractivity contribution in [3.63, 3.8) is 0 Å². The number of pyridine rings is 2. The monoisotopic (exact) mass is 467 g/mol. The van der Waals surface area contributed by atoms with Crippen molar-refractivity contribution in [2.24, 2.45) is 0 Å². The molecule has 4 rings (SSSR count). The van der Waals surface area contributed by atoms with Crippen LogP contribution in [-0.4, -0.2) is 40.0 Å². The molecule has 0 bridgehead atoms. The van der Waals surface area contributed by atoms with Gasteiger partial charge in [0.25, 0.3) is 11.8 Å². The lowest BCUT2D eigenvalue weighted by Crippen LogP contribution is -2.31. The standard InChI is InChI=1S/C24H20F3N5O2/c1-3-31(21-9-8-18(13-29-21)24(25,26)27)23(34)17-10-11-32-20(12-17)19(14-30-32)15-4-6-16(7-5-15)22(33)28-2/h4-14H,3H2,1-2H3,(H,28,33). The van der Waals surface area contributed by atoms with E-state index >= 15 is 0 Å². The van der Waals surface area contributed by atoms with Crippen LogP contribution in [0.25, 0.3) is 16.6 Å². The third-order valence-electron chi connectivity index (χ3n) is 5.37. The molecule has 1 aromatic carbocycles. The van der Waals surface area contributed by atoms with E-state index in [9.17, 15) is 22.8 Å². The van der Waals surface area contributed by atoms with E-state index in [2.05, 4.69) is 15.4 Å². The second kappa shape index (κ2) is 8.97. The lowest BCUT2D eigenvalue weighted by molar-refractivity contribution is -0.137. The van der Waals surface area contributed by atoms with Crippen molar-refractivity contribution >= 4 is 23.1 Å². The van der Waals surface area contributed by atoms with E-state index in [-0.39, 0.29) is 18.3 Å². The molecule has 0 aliphatic rings. The summed E-state index contributed by atoms with van der Waals surface area (Å²) in [5.74, 6) is -0.478. The molecule has 0 atom stereocenters. The Kier molecular flexibility index (Phi) is 6.06. The smallest absolute Gasteiger partial charge is 0.355 e. The number of benzene rings is 1. The van der Waals surface area contributed by atoms with Crippen LogP contribution in [-0.2, 0) is 6.18 Å². The second-order valence-corrected chi connectivity index (χ2v) is 7.41. The topological polar surface area (TPSA) is 79.6 Å². The van der Waals surface area contributed by atoms with Crippen molar-refractivity contribution in [1.29, 1.82) is 0 Å². The molecule has 174 valence electrons. The zero-order valence-corrected chi connectivity index (χ0v) is 18.3.